The second-order valence-electron chi connectivity index (χ2n) is 10.1. The van der Waals surface area contributed by atoms with Crippen molar-refractivity contribution in [1.29, 1.82) is 0 Å². The first-order valence-corrected chi connectivity index (χ1v) is 13.7. The third-order valence-corrected chi connectivity index (χ3v) is 6.96. The molecule has 1 amide bonds. The Morgan fingerprint density at radius 2 is 1.82 bits per heavy atom. The highest BCUT2D eigenvalue weighted by Gasteiger charge is 2.27. The lowest BCUT2D eigenvalue weighted by atomic mass is 10.1. The SMILES string of the molecule is Cc1ccc(SCc2ccn(C3CCN(C(=O)OC(C)(C)C)CC3)n2)c(C#Cc2ccc(F)cc2)c1.O=CO. The number of piperidine rings is 1. The highest BCUT2D eigenvalue weighted by Crippen LogP contribution is 2.28. The standard InChI is InChI=1S/C29H32FN3O2S.CH2O2/c1-21-5-12-27(23(19-21)9-6-22-7-10-24(30)11-8-22)36-20-25-13-18-33(31-25)26-14-16-32(17-15-26)28(34)35-29(2,3)4;2-1-3/h5,7-8,10-13,18-19,26H,14-17,20H2,1-4H3;1H,(H,2,3). The van der Waals surface area contributed by atoms with Crippen LogP contribution in [0.1, 0.15) is 62.0 Å². The molecule has 1 aliphatic rings. The van der Waals surface area contributed by atoms with E-state index in [1.165, 1.54) is 12.1 Å². The molecule has 206 valence electrons. The summed E-state index contributed by atoms with van der Waals surface area (Å²) in [5, 5.41) is 11.7. The van der Waals surface area contributed by atoms with Gasteiger partial charge in [-0.1, -0.05) is 17.9 Å². The fourth-order valence-electron chi connectivity index (χ4n) is 3.99. The number of carbonyl (C=O) groups excluding carboxylic acids is 1. The van der Waals surface area contributed by atoms with Crippen molar-refractivity contribution in [3.05, 3.63) is 82.9 Å². The van der Waals surface area contributed by atoms with E-state index in [-0.39, 0.29) is 24.4 Å². The van der Waals surface area contributed by atoms with E-state index in [4.69, 9.17) is 19.7 Å². The molecule has 0 saturated carbocycles. The molecule has 9 heteroatoms. The van der Waals surface area contributed by atoms with Crippen molar-refractivity contribution in [3.63, 3.8) is 0 Å². The van der Waals surface area contributed by atoms with Crippen molar-refractivity contribution >= 4 is 24.3 Å². The van der Waals surface area contributed by atoms with E-state index in [1.807, 2.05) is 38.6 Å². The van der Waals surface area contributed by atoms with Gasteiger partial charge in [0.25, 0.3) is 6.47 Å². The lowest BCUT2D eigenvalue weighted by Gasteiger charge is -2.33. The van der Waals surface area contributed by atoms with Gasteiger partial charge in [-0.2, -0.15) is 5.10 Å². The molecule has 0 spiro atoms. The van der Waals surface area contributed by atoms with E-state index >= 15 is 0 Å². The molecule has 0 radical (unpaired) electrons. The number of aryl methyl sites for hydroxylation is 1. The number of hydrogen-bond donors (Lipinski definition) is 1. The Labute approximate surface area is 233 Å². The average Bonchev–Trinajstić information content (AvgIpc) is 3.36. The molecule has 1 fully saturated rings. The van der Waals surface area contributed by atoms with Gasteiger partial charge in [0.15, 0.2) is 0 Å². The molecular weight excluding hydrogens is 517 g/mol. The van der Waals surface area contributed by atoms with E-state index < -0.39 is 5.60 Å². The first-order chi connectivity index (χ1) is 18.6. The maximum Gasteiger partial charge on any atom is 0.410 e. The van der Waals surface area contributed by atoms with Gasteiger partial charge in [-0.15, -0.1) is 11.8 Å². The molecule has 7 nitrogen and oxygen atoms in total. The van der Waals surface area contributed by atoms with Crippen molar-refractivity contribution in [2.75, 3.05) is 13.1 Å². The van der Waals surface area contributed by atoms with Gasteiger partial charge in [-0.3, -0.25) is 9.48 Å². The molecular formula is C30H34FN3O4S. The molecule has 2 aromatic carbocycles. The van der Waals surface area contributed by atoms with Crippen molar-refractivity contribution in [2.24, 2.45) is 0 Å². The molecule has 1 N–H and O–H groups in total. The summed E-state index contributed by atoms with van der Waals surface area (Å²) in [5.74, 6) is 6.86. The van der Waals surface area contributed by atoms with Gasteiger partial charge < -0.3 is 14.7 Å². The van der Waals surface area contributed by atoms with Crippen LogP contribution < -0.4 is 0 Å². The number of thioether (sulfide) groups is 1. The fraction of sp³-hybridized carbons (Fsp3) is 0.367. The van der Waals surface area contributed by atoms with E-state index in [9.17, 15) is 9.18 Å². The second kappa shape index (κ2) is 13.9. The van der Waals surface area contributed by atoms with Gasteiger partial charge in [0, 0.05) is 41.1 Å². The number of likely N-dealkylation sites (tertiary alicyclic amines) is 1. The zero-order valence-electron chi connectivity index (χ0n) is 22.7. The van der Waals surface area contributed by atoms with Crippen molar-refractivity contribution in [3.8, 4) is 11.8 Å². The largest absolute Gasteiger partial charge is 0.483 e. The number of ether oxygens (including phenoxy) is 1. The topological polar surface area (TPSA) is 84.7 Å². The summed E-state index contributed by atoms with van der Waals surface area (Å²) in [4.78, 5) is 23.6. The van der Waals surface area contributed by atoms with Crippen molar-refractivity contribution in [1.82, 2.24) is 14.7 Å². The van der Waals surface area contributed by atoms with E-state index in [2.05, 4.69) is 36.1 Å². The minimum Gasteiger partial charge on any atom is -0.483 e. The normalized spacial score (nSPS) is 13.5. The molecule has 39 heavy (non-hydrogen) atoms. The monoisotopic (exact) mass is 551 g/mol. The molecule has 1 aliphatic heterocycles. The number of rotatable bonds is 4. The predicted molar refractivity (Wildman–Crippen MR) is 150 cm³/mol. The van der Waals surface area contributed by atoms with Gasteiger partial charge in [-0.05, 0) is 88.6 Å². The minimum absolute atomic E-state index is 0.241. The van der Waals surface area contributed by atoms with Gasteiger partial charge in [0.2, 0.25) is 0 Å². The van der Waals surface area contributed by atoms with Crippen LogP contribution in [0.5, 0.6) is 0 Å². The summed E-state index contributed by atoms with van der Waals surface area (Å²) >= 11 is 1.71. The van der Waals surface area contributed by atoms with Crippen LogP contribution in [0.25, 0.3) is 0 Å². The lowest BCUT2D eigenvalue weighted by Crippen LogP contribution is -2.42. The highest BCUT2D eigenvalue weighted by molar-refractivity contribution is 7.98. The van der Waals surface area contributed by atoms with Crippen LogP contribution >= 0.6 is 11.8 Å². The summed E-state index contributed by atoms with van der Waals surface area (Å²) in [7, 11) is 0. The molecule has 0 bridgehead atoms. The van der Waals surface area contributed by atoms with Gasteiger partial charge >= 0.3 is 6.09 Å². The zero-order chi connectivity index (χ0) is 28.4. The maximum absolute atomic E-state index is 13.2. The number of nitrogens with zero attached hydrogens (tertiary/aromatic N) is 3. The van der Waals surface area contributed by atoms with Crippen molar-refractivity contribution < 1.29 is 23.8 Å². The predicted octanol–water partition coefficient (Wildman–Crippen LogP) is 6.30. The smallest absolute Gasteiger partial charge is 0.410 e. The summed E-state index contributed by atoms with van der Waals surface area (Å²) in [5.41, 5.74) is 3.41. The number of halogens is 1. The van der Waals surface area contributed by atoms with Crippen LogP contribution in [0.4, 0.5) is 9.18 Å². The fourth-order valence-corrected chi connectivity index (χ4v) is 4.88. The molecule has 0 unspecified atom stereocenters. The van der Waals surface area contributed by atoms with E-state index in [1.54, 1.807) is 28.8 Å². The Kier molecular flexibility index (Phi) is 10.6. The molecule has 4 rings (SSSR count). The number of hydrogen-bond acceptors (Lipinski definition) is 5. The molecule has 1 aromatic heterocycles. The average molecular weight is 552 g/mol. The number of carboxylic acid groups (broad SMARTS) is 1. The van der Waals surface area contributed by atoms with Gasteiger partial charge in [0.1, 0.15) is 11.4 Å². The first kappa shape index (κ1) is 29.8. The van der Waals surface area contributed by atoms with Crippen LogP contribution in [0.3, 0.4) is 0 Å². The van der Waals surface area contributed by atoms with Gasteiger partial charge in [0.05, 0.1) is 11.7 Å². The molecule has 1 saturated heterocycles. The van der Waals surface area contributed by atoms with Crippen LogP contribution in [0, 0.1) is 24.6 Å². The Bertz CT molecular complexity index is 1310. The van der Waals surface area contributed by atoms with E-state index in [0.717, 1.165) is 45.9 Å². The maximum atomic E-state index is 13.2. The zero-order valence-corrected chi connectivity index (χ0v) is 23.5. The van der Waals surface area contributed by atoms with Crippen molar-refractivity contribution in [2.45, 2.75) is 62.8 Å². The van der Waals surface area contributed by atoms with E-state index in [0.29, 0.717) is 13.1 Å². The van der Waals surface area contributed by atoms with Crippen LogP contribution in [-0.4, -0.2) is 51.0 Å². The third-order valence-electron chi connectivity index (χ3n) is 5.85. The summed E-state index contributed by atoms with van der Waals surface area (Å²) < 4.78 is 20.7. The Balaban J connectivity index is 0.00000134. The summed E-state index contributed by atoms with van der Waals surface area (Å²) in [6, 6.07) is 14.8. The molecule has 0 aliphatic carbocycles. The lowest BCUT2D eigenvalue weighted by molar-refractivity contribution is -0.122. The number of benzene rings is 2. The first-order valence-electron chi connectivity index (χ1n) is 12.7. The quantitative estimate of drug-likeness (QED) is 0.233. The summed E-state index contributed by atoms with van der Waals surface area (Å²) in [6.07, 6.45) is 3.51. The Morgan fingerprint density at radius 1 is 1.15 bits per heavy atom. The second-order valence-corrected chi connectivity index (χ2v) is 11.2. The van der Waals surface area contributed by atoms with Crippen LogP contribution in [-0.2, 0) is 15.3 Å². The van der Waals surface area contributed by atoms with Crippen LogP contribution in [0.15, 0.2) is 59.6 Å². The number of carbonyl (C=O) groups is 2. The van der Waals surface area contributed by atoms with Crippen LogP contribution in [0.2, 0.25) is 0 Å². The molecule has 0 atom stereocenters. The minimum atomic E-state index is -0.480. The Hall–Kier alpha value is -3.77. The highest BCUT2D eigenvalue weighted by atomic mass is 32.2. The Morgan fingerprint density at radius 3 is 2.46 bits per heavy atom. The number of amides is 1. The molecule has 2 heterocycles. The summed E-state index contributed by atoms with van der Waals surface area (Å²) in [6.45, 7) is 8.80. The van der Waals surface area contributed by atoms with Gasteiger partial charge in [-0.25, -0.2) is 9.18 Å². The third kappa shape index (κ3) is 9.48. The number of aromatic nitrogens is 2. The molecule has 3 aromatic rings.